The second kappa shape index (κ2) is 10.7. The third kappa shape index (κ3) is 4.94. The first kappa shape index (κ1) is 28.6. The van der Waals surface area contributed by atoms with E-state index in [-0.39, 0.29) is 5.41 Å². The Morgan fingerprint density at radius 2 is 1.33 bits per heavy atom. The minimum absolute atomic E-state index is 0.0337. The van der Waals surface area contributed by atoms with Crippen LogP contribution >= 0.6 is 11.3 Å². The molecule has 6 rings (SSSR count). The highest BCUT2D eigenvalue weighted by Crippen LogP contribution is 2.44. The molecule has 42 heavy (non-hydrogen) atoms. The van der Waals surface area contributed by atoms with Gasteiger partial charge in [0, 0.05) is 27.2 Å². The fraction of sp³-hybridized carbons (Fsp3) is 0.325. The topological polar surface area (TPSA) is 12.9 Å². The maximum Gasteiger partial charge on any atom is 0.0880 e. The van der Waals surface area contributed by atoms with Crippen LogP contribution in [0.3, 0.4) is 0 Å². The van der Waals surface area contributed by atoms with Crippen molar-refractivity contribution in [1.82, 2.24) is 4.98 Å². The molecular formula is C40H43NS. The number of hydrogen-bond acceptors (Lipinski definition) is 2. The molecule has 0 fully saturated rings. The van der Waals surface area contributed by atoms with Crippen molar-refractivity contribution >= 4 is 42.3 Å². The van der Waals surface area contributed by atoms with Gasteiger partial charge >= 0.3 is 0 Å². The van der Waals surface area contributed by atoms with Gasteiger partial charge in [-0.2, -0.15) is 0 Å². The predicted molar refractivity (Wildman–Crippen MR) is 186 cm³/mol. The molecule has 214 valence electrons. The summed E-state index contributed by atoms with van der Waals surface area (Å²) in [5.41, 5.74) is 10.8. The lowest BCUT2D eigenvalue weighted by Crippen LogP contribution is -2.12. The van der Waals surface area contributed by atoms with Crippen molar-refractivity contribution in [2.24, 2.45) is 0 Å². The summed E-state index contributed by atoms with van der Waals surface area (Å²) in [6.45, 7) is 20.8. The van der Waals surface area contributed by atoms with Gasteiger partial charge in [0.2, 0.25) is 0 Å². The molecule has 0 saturated heterocycles. The van der Waals surface area contributed by atoms with E-state index in [0.717, 1.165) is 5.69 Å². The zero-order valence-electron chi connectivity index (χ0n) is 26.6. The van der Waals surface area contributed by atoms with Crippen molar-refractivity contribution in [3.63, 3.8) is 0 Å². The van der Waals surface area contributed by atoms with Gasteiger partial charge in [0.05, 0.1) is 10.4 Å². The van der Waals surface area contributed by atoms with Gasteiger partial charge in [-0.3, -0.25) is 4.98 Å². The summed E-state index contributed by atoms with van der Waals surface area (Å²) in [5, 5.41) is 5.21. The number of fused-ring (bicyclic) bond motifs is 4. The molecule has 0 aliphatic heterocycles. The van der Waals surface area contributed by atoms with Crippen molar-refractivity contribution in [3.05, 3.63) is 101 Å². The van der Waals surface area contributed by atoms with Gasteiger partial charge in [0.15, 0.2) is 0 Å². The van der Waals surface area contributed by atoms with Crippen LogP contribution < -0.4 is 0 Å². The molecule has 0 aliphatic carbocycles. The first-order chi connectivity index (χ1) is 19.9. The molecule has 4 aromatic carbocycles. The molecule has 0 unspecified atom stereocenters. The zero-order chi connectivity index (χ0) is 29.9. The molecule has 0 saturated carbocycles. The van der Waals surface area contributed by atoms with E-state index in [9.17, 15) is 0 Å². The molecule has 2 heteroatoms. The number of rotatable bonds is 5. The summed E-state index contributed by atoms with van der Waals surface area (Å²) in [7, 11) is 0. The number of benzene rings is 4. The lowest BCUT2D eigenvalue weighted by Gasteiger charge is -2.23. The molecule has 6 aromatic rings. The highest BCUT2D eigenvalue weighted by molar-refractivity contribution is 7.26. The third-order valence-corrected chi connectivity index (χ3v) is 9.93. The van der Waals surface area contributed by atoms with Crippen molar-refractivity contribution in [1.29, 1.82) is 0 Å². The number of thiophene rings is 1. The lowest BCUT2D eigenvalue weighted by molar-refractivity contribution is 0.596. The Kier molecular flexibility index (Phi) is 7.26. The summed E-state index contributed by atoms with van der Waals surface area (Å²) in [4.78, 5) is 4.99. The summed E-state index contributed by atoms with van der Waals surface area (Å²) in [6, 6.07) is 27.7. The third-order valence-electron chi connectivity index (χ3n) is 8.75. The number of aromatic nitrogens is 1. The Morgan fingerprint density at radius 3 is 1.98 bits per heavy atom. The average Bonchev–Trinajstić information content (AvgIpc) is 3.33. The first-order valence-electron chi connectivity index (χ1n) is 15.5. The monoisotopic (exact) mass is 569 g/mol. The van der Waals surface area contributed by atoms with Crippen LogP contribution in [0.2, 0.25) is 0 Å². The highest BCUT2D eigenvalue weighted by Gasteiger charge is 2.22. The molecule has 0 spiro atoms. The van der Waals surface area contributed by atoms with Crippen molar-refractivity contribution in [3.8, 4) is 22.4 Å². The van der Waals surface area contributed by atoms with Crippen LogP contribution in [0, 0.1) is 0 Å². The largest absolute Gasteiger partial charge is 0.255 e. The van der Waals surface area contributed by atoms with E-state index in [1.807, 2.05) is 17.5 Å². The Balaban J connectivity index is 1.58. The van der Waals surface area contributed by atoms with Gasteiger partial charge in [-0.1, -0.05) is 111 Å². The second-order valence-corrected chi connectivity index (χ2v) is 14.9. The SMILES string of the molecule is CC(C)c1cc(C(C)C)c(-c2ccc3c(c2)sc2c(-c4cc(C(C)(C)C)c5ccccc5c4)nccc23)c(C(C)C)c1. The molecular weight excluding hydrogens is 527 g/mol. The quantitative estimate of drug-likeness (QED) is 0.201. The molecule has 0 amide bonds. The van der Waals surface area contributed by atoms with Gasteiger partial charge in [-0.15, -0.1) is 11.3 Å². The molecule has 2 heterocycles. The lowest BCUT2D eigenvalue weighted by atomic mass is 9.81. The average molecular weight is 570 g/mol. The minimum Gasteiger partial charge on any atom is -0.255 e. The van der Waals surface area contributed by atoms with E-state index in [4.69, 9.17) is 4.98 Å². The van der Waals surface area contributed by atoms with Crippen LogP contribution in [-0.2, 0) is 5.41 Å². The fourth-order valence-corrected chi connectivity index (χ4v) is 7.67. The molecule has 0 radical (unpaired) electrons. The Bertz CT molecular complexity index is 1920. The molecule has 0 N–H and O–H groups in total. The zero-order valence-corrected chi connectivity index (χ0v) is 27.4. The van der Waals surface area contributed by atoms with E-state index in [0.29, 0.717) is 17.8 Å². The predicted octanol–water partition coefficient (Wildman–Crippen LogP) is 12.6. The summed E-state index contributed by atoms with van der Waals surface area (Å²) >= 11 is 1.88. The minimum atomic E-state index is 0.0337. The van der Waals surface area contributed by atoms with Crippen molar-refractivity contribution in [2.75, 3.05) is 0 Å². The van der Waals surface area contributed by atoms with Gasteiger partial charge in [-0.05, 0) is 91.6 Å². The Hall–Kier alpha value is -3.49. The van der Waals surface area contributed by atoms with E-state index in [2.05, 4.69) is 135 Å². The molecule has 0 aliphatic rings. The number of hydrogen-bond donors (Lipinski definition) is 0. The van der Waals surface area contributed by atoms with Crippen LogP contribution in [-0.4, -0.2) is 4.98 Å². The van der Waals surface area contributed by atoms with Crippen LogP contribution in [0.4, 0.5) is 0 Å². The maximum absolute atomic E-state index is 4.99. The van der Waals surface area contributed by atoms with Crippen LogP contribution in [0.5, 0.6) is 0 Å². The Morgan fingerprint density at radius 1 is 0.643 bits per heavy atom. The van der Waals surface area contributed by atoms with Crippen LogP contribution in [0.25, 0.3) is 53.3 Å². The van der Waals surface area contributed by atoms with Gasteiger partial charge in [0.1, 0.15) is 0 Å². The van der Waals surface area contributed by atoms with E-state index in [1.54, 1.807) is 0 Å². The normalized spacial score (nSPS) is 12.6. The molecule has 1 nitrogen and oxygen atoms in total. The number of nitrogens with zero attached hydrogens (tertiary/aromatic N) is 1. The highest BCUT2D eigenvalue weighted by atomic mass is 32.1. The van der Waals surface area contributed by atoms with Crippen molar-refractivity contribution in [2.45, 2.75) is 85.5 Å². The fourth-order valence-electron chi connectivity index (χ4n) is 6.42. The molecule has 0 bridgehead atoms. The second-order valence-electron chi connectivity index (χ2n) is 13.9. The van der Waals surface area contributed by atoms with Crippen LogP contribution in [0.15, 0.2) is 79.0 Å². The molecule has 0 atom stereocenters. The maximum atomic E-state index is 4.99. The van der Waals surface area contributed by atoms with E-state index in [1.165, 1.54) is 69.9 Å². The summed E-state index contributed by atoms with van der Waals surface area (Å²) < 4.78 is 2.59. The van der Waals surface area contributed by atoms with Crippen molar-refractivity contribution < 1.29 is 0 Å². The smallest absolute Gasteiger partial charge is 0.0880 e. The van der Waals surface area contributed by atoms with Crippen LogP contribution in [0.1, 0.15) is 102 Å². The molecule has 2 aromatic heterocycles. The number of pyridine rings is 1. The van der Waals surface area contributed by atoms with Gasteiger partial charge in [0.25, 0.3) is 0 Å². The van der Waals surface area contributed by atoms with E-state index < -0.39 is 0 Å². The van der Waals surface area contributed by atoms with Gasteiger partial charge in [-0.25, -0.2) is 0 Å². The first-order valence-corrected chi connectivity index (χ1v) is 16.3. The van der Waals surface area contributed by atoms with Gasteiger partial charge < -0.3 is 0 Å². The standard InChI is InChI=1S/C40H43NS/c1-23(2)28-19-33(24(3)4)37(34(20-28)25(5)6)27-14-15-31-32-16-17-41-38(39(32)42-36(31)22-27)29-18-26-12-10-11-13-30(26)35(21-29)40(7,8)9/h10-25H,1-9H3. The van der Waals surface area contributed by atoms with E-state index >= 15 is 0 Å². The summed E-state index contributed by atoms with van der Waals surface area (Å²) in [5.74, 6) is 1.42. The summed E-state index contributed by atoms with van der Waals surface area (Å²) in [6.07, 6.45) is 1.99. The Labute approximate surface area is 255 Å².